The smallest absolute Gasteiger partial charge is 0.0309 e. The second kappa shape index (κ2) is 5.53. The van der Waals surface area contributed by atoms with Crippen molar-refractivity contribution in [1.82, 2.24) is 5.32 Å². The van der Waals surface area contributed by atoms with Crippen molar-refractivity contribution in [2.45, 2.75) is 57.9 Å². The molecule has 98 valence electrons. The Morgan fingerprint density at radius 2 is 2.24 bits per heavy atom. The topological polar surface area (TPSA) is 38.0 Å². The number of allylic oxidation sites excluding steroid dienone is 1. The van der Waals surface area contributed by atoms with Crippen LogP contribution in [0.5, 0.6) is 0 Å². The summed E-state index contributed by atoms with van der Waals surface area (Å²) in [5.41, 5.74) is 7.88. The van der Waals surface area contributed by atoms with Gasteiger partial charge >= 0.3 is 0 Å². The fourth-order valence-corrected chi connectivity index (χ4v) is 3.25. The molecule has 2 aliphatic carbocycles. The summed E-state index contributed by atoms with van der Waals surface area (Å²) in [5.74, 6) is 1.70. The molecule has 0 spiro atoms. The van der Waals surface area contributed by atoms with Crippen molar-refractivity contribution in [3.05, 3.63) is 11.6 Å². The van der Waals surface area contributed by atoms with Crippen LogP contribution in [0, 0.1) is 11.8 Å². The van der Waals surface area contributed by atoms with Crippen molar-refractivity contribution in [1.29, 1.82) is 0 Å². The minimum atomic E-state index is 0.272. The zero-order chi connectivity index (χ0) is 12.3. The van der Waals surface area contributed by atoms with Crippen LogP contribution in [0.15, 0.2) is 11.6 Å². The van der Waals surface area contributed by atoms with E-state index in [1.807, 2.05) is 0 Å². The average molecular weight is 236 g/mol. The number of rotatable bonds is 6. The van der Waals surface area contributed by atoms with Gasteiger partial charge in [-0.15, -0.1) is 0 Å². The standard InChI is InChI=1S/C15H28N2/c1-12(2)14-9-15(10-14,11-16)17-8-7-13-5-3-4-6-13/h5,12,14,17H,3-4,6-11,16H2,1-2H3. The first-order valence-corrected chi connectivity index (χ1v) is 7.28. The summed E-state index contributed by atoms with van der Waals surface area (Å²) in [6.07, 6.45) is 10.2. The Morgan fingerprint density at radius 3 is 2.76 bits per heavy atom. The van der Waals surface area contributed by atoms with Gasteiger partial charge in [0.1, 0.15) is 0 Å². The lowest BCUT2D eigenvalue weighted by Gasteiger charge is -2.50. The fraction of sp³-hybridized carbons (Fsp3) is 0.867. The lowest BCUT2D eigenvalue weighted by molar-refractivity contribution is 0.0775. The third-order valence-corrected chi connectivity index (χ3v) is 4.72. The molecule has 2 heteroatoms. The van der Waals surface area contributed by atoms with E-state index in [1.165, 1.54) is 38.5 Å². The summed E-state index contributed by atoms with van der Waals surface area (Å²) in [7, 11) is 0. The van der Waals surface area contributed by atoms with Gasteiger partial charge in [0, 0.05) is 12.1 Å². The molecule has 0 amide bonds. The van der Waals surface area contributed by atoms with E-state index in [9.17, 15) is 0 Å². The Kier molecular flexibility index (Phi) is 4.26. The van der Waals surface area contributed by atoms with E-state index in [1.54, 1.807) is 5.57 Å². The summed E-state index contributed by atoms with van der Waals surface area (Å²) < 4.78 is 0. The first-order chi connectivity index (χ1) is 8.15. The lowest BCUT2D eigenvalue weighted by Crippen LogP contribution is -2.61. The van der Waals surface area contributed by atoms with Crippen LogP contribution >= 0.6 is 0 Å². The maximum atomic E-state index is 5.95. The van der Waals surface area contributed by atoms with Crippen LogP contribution in [0.2, 0.25) is 0 Å². The number of nitrogens with one attached hydrogen (secondary N) is 1. The van der Waals surface area contributed by atoms with Gasteiger partial charge in [0.05, 0.1) is 0 Å². The normalized spacial score (nSPS) is 32.7. The van der Waals surface area contributed by atoms with E-state index in [-0.39, 0.29) is 5.54 Å². The lowest BCUT2D eigenvalue weighted by atomic mass is 9.64. The van der Waals surface area contributed by atoms with Crippen molar-refractivity contribution >= 4 is 0 Å². The van der Waals surface area contributed by atoms with E-state index >= 15 is 0 Å². The molecule has 0 unspecified atom stereocenters. The molecule has 0 radical (unpaired) electrons. The molecule has 1 saturated carbocycles. The van der Waals surface area contributed by atoms with Gasteiger partial charge in [-0.2, -0.15) is 0 Å². The quantitative estimate of drug-likeness (QED) is 0.696. The predicted molar refractivity (Wildman–Crippen MR) is 73.9 cm³/mol. The van der Waals surface area contributed by atoms with Crippen LogP contribution in [0.3, 0.4) is 0 Å². The first kappa shape index (κ1) is 13.1. The van der Waals surface area contributed by atoms with Gasteiger partial charge in [-0.3, -0.25) is 0 Å². The van der Waals surface area contributed by atoms with Crippen LogP contribution in [0.25, 0.3) is 0 Å². The van der Waals surface area contributed by atoms with Crippen LogP contribution < -0.4 is 11.1 Å². The third kappa shape index (κ3) is 3.11. The Morgan fingerprint density at radius 1 is 1.47 bits per heavy atom. The minimum Gasteiger partial charge on any atom is -0.329 e. The highest BCUT2D eigenvalue weighted by molar-refractivity contribution is 5.09. The molecule has 0 heterocycles. The summed E-state index contributed by atoms with van der Waals surface area (Å²) in [5, 5.41) is 3.73. The van der Waals surface area contributed by atoms with Crippen LogP contribution in [0.1, 0.15) is 52.4 Å². The van der Waals surface area contributed by atoms with Gasteiger partial charge < -0.3 is 11.1 Å². The minimum absolute atomic E-state index is 0.272. The molecule has 0 bridgehead atoms. The zero-order valence-corrected chi connectivity index (χ0v) is 11.5. The molecule has 2 nitrogen and oxygen atoms in total. The molecule has 0 aliphatic heterocycles. The van der Waals surface area contributed by atoms with Gasteiger partial charge in [-0.05, 0) is 56.9 Å². The highest BCUT2D eigenvalue weighted by Crippen LogP contribution is 2.41. The molecule has 0 atom stereocenters. The largest absolute Gasteiger partial charge is 0.329 e. The molecule has 0 aromatic heterocycles. The Labute approximate surface area is 106 Å². The maximum absolute atomic E-state index is 5.95. The summed E-state index contributed by atoms with van der Waals surface area (Å²) in [4.78, 5) is 0. The molecule has 2 aliphatic rings. The van der Waals surface area contributed by atoms with Crippen molar-refractivity contribution in [2.75, 3.05) is 13.1 Å². The Bertz CT molecular complexity index is 275. The molecule has 2 rings (SSSR count). The second-order valence-electron chi connectivity index (χ2n) is 6.33. The average Bonchev–Trinajstić information content (AvgIpc) is 2.74. The number of nitrogens with two attached hydrogens (primary N) is 1. The Balaban J connectivity index is 1.70. The molecule has 1 fully saturated rings. The third-order valence-electron chi connectivity index (χ3n) is 4.72. The number of hydrogen-bond donors (Lipinski definition) is 2. The van der Waals surface area contributed by atoms with Gasteiger partial charge in [0.2, 0.25) is 0 Å². The molecular weight excluding hydrogens is 208 g/mol. The van der Waals surface area contributed by atoms with E-state index in [4.69, 9.17) is 5.73 Å². The maximum Gasteiger partial charge on any atom is 0.0309 e. The predicted octanol–water partition coefficient (Wildman–Crippen LogP) is 2.84. The van der Waals surface area contributed by atoms with E-state index in [0.717, 1.165) is 24.9 Å². The SMILES string of the molecule is CC(C)C1CC(CN)(NCCC2=CCCC2)C1. The highest BCUT2D eigenvalue weighted by atomic mass is 15.0. The molecule has 0 aromatic rings. The molecule has 0 saturated heterocycles. The van der Waals surface area contributed by atoms with E-state index in [2.05, 4.69) is 25.2 Å². The molecule has 3 N–H and O–H groups in total. The fourth-order valence-electron chi connectivity index (χ4n) is 3.25. The molecule has 17 heavy (non-hydrogen) atoms. The first-order valence-electron chi connectivity index (χ1n) is 7.28. The van der Waals surface area contributed by atoms with E-state index in [0.29, 0.717) is 0 Å². The van der Waals surface area contributed by atoms with Gasteiger partial charge in [-0.25, -0.2) is 0 Å². The summed E-state index contributed by atoms with van der Waals surface area (Å²) >= 11 is 0. The highest BCUT2D eigenvalue weighted by Gasteiger charge is 2.43. The van der Waals surface area contributed by atoms with Crippen molar-refractivity contribution in [2.24, 2.45) is 17.6 Å². The number of hydrogen-bond acceptors (Lipinski definition) is 2. The summed E-state index contributed by atoms with van der Waals surface area (Å²) in [6.45, 7) is 6.58. The monoisotopic (exact) mass is 236 g/mol. The summed E-state index contributed by atoms with van der Waals surface area (Å²) in [6, 6.07) is 0. The van der Waals surface area contributed by atoms with Crippen LogP contribution in [0.4, 0.5) is 0 Å². The molecular formula is C15H28N2. The second-order valence-corrected chi connectivity index (χ2v) is 6.33. The van der Waals surface area contributed by atoms with Crippen molar-refractivity contribution in [3.8, 4) is 0 Å². The van der Waals surface area contributed by atoms with Gasteiger partial charge in [-0.1, -0.05) is 25.5 Å². The molecule has 0 aromatic carbocycles. The van der Waals surface area contributed by atoms with Crippen LogP contribution in [-0.2, 0) is 0 Å². The zero-order valence-electron chi connectivity index (χ0n) is 11.5. The van der Waals surface area contributed by atoms with Crippen molar-refractivity contribution in [3.63, 3.8) is 0 Å². The van der Waals surface area contributed by atoms with Crippen LogP contribution in [-0.4, -0.2) is 18.6 Å². The van der Waals surface area contributed by atoms with Crippen molar-refractivity contribution < 1.29 is 0 Å². The van der Waals surface area contributed by atoms with Gasteiger partial charge in [0.15, 0.2) is 0 Å². The van der Waals surface area contributed by atoms with E-state index < -0.39 is 0 Å². The Hall–Kier alpha value is -0.340. The van der Waals surface area contributed by atoms with Gasteiger partial charge in [0.25, 0.3) is 0 Å².